The maximum Gasteiger partial charge on any atom is 0.149 e. The second-order valence-corrected chi connectivity index (χ2v) is 2.95. The monoisotopic (exact) mass is 178 g/mol. The minimum Gasteiger partial charge on any atom is -0.370 e. The lowest BCUT2D eigenvalue weighted by atomic mass is 10.3. The largest absolute Gasteiger partial charge is 0.370 e. The first-order valence-electron chi connectivity index (χ1n) is 2.55. The van der Waals surface area contributed by atoms with Crippen LogP contribution in [0, 0.1) is 0 Å². The van der Waals surface area contributed by atoms with E-state index in [0.29, 0.717) is 6.61 Å². The minimum atomic E-state index is -0.199. The Bertz CT molecular complexity index is 94.4. The molecular formula is C5H7BrO2. The third kappa shape index (κ3) is 1.09. The highest BCUT2D eigenvalue weighted by molar-refractivity contribution is 9.09. The lowest BCUT2D eigenvalue weighted by molar-refractivity contribution is -0.115. The van der Waals surface area contributed by atoms with E-state index in [1.807, 2.05) is 0 Å². The molecule has 8 heavy (non-hydrogen) atoms. The molecule has 0 aromatic rings. The van der Waals surface area contributed by atoms with Gasteiger partial charge in [0.2, 0.25) is 0 Å². The number of rotatable bonds is 1. The molecule has 0 saturated carbocycles. The number of aldehydes is 1. The highest BCUT2D eigenvalue weighted by atomic mass is 79.9. The van der Waals surface area contributed by atoms with Gasteiger partial charge in [-0.25, -0.2) is 0 Å². The molecule has 0 aromatic carbocycles. The summed E-state index contributed by atoms with van der Waals surface area (Å²) in [6.07, 6.45) is 1.59. The Labute approximate surface area is 56.3 Å². The Morgan fingerprint density at radius 3 is 2.75 bits per heavy atom. The molecule has 0 radical (unpaired) electrons. The molecule has 0 amide bonds. The van der Waals surface area contributed by atoms with Crippen molar-refractivity contribution in [1.82, 2.24) is 0 Å². The second kappa shape index (κ2) is 2.60. The number of carbonyl (C=O) groups excluding carboxylic acids is 1. The van der Waals surface area contributed by atoms with Gasteiger partial charge in [-0.2, -0.15) is 0 Å². The lowest BCUT2D eigenvalue weighted by Crippen LogP contribution is -2.16. The molecule has 2 unspecified atom stereocenters. The van der Waals surface area contributed by atoms with Crippen LogP contribution in [0.5, 0.6) is 0 Å². The fourth-order valence-corrected chi connectivity index (χ4v) is 1.17. The van der Waals surface area contributed by atoms with Crippen LogP contribution in [-0.2, 0) is 9.53 Å². The van der Waals surface area contributed by atoms with Gasteiger partial charge in [-0.15, -0.1) is 0 Å². The van der Waals surface area contributed by atoms with E-state index in [-0.39, 0.29) is 10.9 Å². The van der Waals surface area contributed by atoms with Crippen LogP contribution in [0.4, 0.5) is 0 Å². The van der Waals surface area contributed by atoms with Crippen LogP contribution in [0.25, 0.3) is 0 Å². The fraction of sp³-hybridized carbons (Fsp3) is 0.800. The molecule has 46 valence electrons. The first-order valence-corrected chi connectivity index (χ1v) is 3.47. The standard InChI is InChI=1S/C5H7BrO2/c6-4-1-2-8-5(4)3-7/h3-5H,1-2H2. The molecule has 0 spiro atoms. The summed E-state index contributed by atoms with van der Waals surface area (Å²) in [5, 5.41) is 0. The average Bonchev–Trinajstić information content (AvgIpc) is 2.14. The Morgan fingerprint density at radius 2 is 2.50 bits per heavy atom. The van der Waals surface area contributed by atoms with E-state index < -0.39 is 0 Å². The maximum absolute atomic E-state index is 10.1. The number of carbonyl (C=O) groups is 1. The predicted octanol–water partition coefficient (Wildman–Crippen LogP) is 0.738. The SMILES string of the molecule is O=CC1OCCC1Br. The number of hydrogen-bond donors (Lipinski definition) is 0. The van der Waals surface area contributed by atoms with Crippen LogP contribution in [0.2, 0.25) is 0 Å². The molecule has 1 aliphatic heterocycles. The number of ether oxygens (including phenoxy) is 1. The van der Waals surface area contributed by atoms with Gasteiger partial charge in [0.1, 0.15) is 12.4 Å². The van der Waals surface area contributed by atoms with Gasteiger partial charge in [-0.1, -0.05) is 15.9 Å². The van der Waals surface area contributed by atoms with Crippen LogP contribution >= 0.6 is 15.9 Å². The summed E-state index contributed by atoms with van der Waals surface area (Å²) in [4.78, 5) is 10.3. The smallest absolute Gasteiger partial charge is 0.149 e. The van der Waals surface area contributed by atoms with E-state index in [1.165, 1.54) is 0 Å². The molecule has 1 saturated heterocycles. The van der Waals surface area contributed by atoms with Crippen LogP contribution < -0.4 is 0 Å². The Morgan fingerprint density at radius 1 is 1.75 bits per heavy atom. The van der Waals surface area contributed by atoms with E-state index >= 15 is 0 Å². The van der Waals surface area contributed by atoms with Crippen molar-refractivity contribution in [2.75, 3.05) is 6.61 Å². The quantitative estimate of drug-likeness (QED) is 0.438. The van der Waals surface area contributed by atoms with Crippen molar-refractivity contribution in [1.29, 1.82) is 0 Å². The summed E-state index contributed by atoms with van der Waals surface area (Å²) in [5.41, 5.74) is 0. The van der Waals surface area contributed by atoms with Gasteiger partial charge in [-0.05, 0) is 6.42 Å². The Hall–Kier alpha value is 0.110. The van der Waals surface area contributed by atoms with Crippen LogP contribution in [0.15, 0.2) is 0 Å². The third-order valence-corrected chi connectivity index (χ3v) is 2.17. The zero-order chi connectivity index (χ0) is 5.98. The zero-order valence-corrected chi connectivity index (χ0v) is 5.93. The Balaban J connectivity index is 2.41. The van der Waals surface area contributed by atoms with Crippen LogP contribution in [0.1, 0.15) is 6.42 Å². The normalized spacial score (nSPS) is 37.6. The van der Waals surface area contributed by atoms with Gasteiger partial charge in [0.15, 0.2) is 0 Å². The van der Waals surface area contributed by atoms with Gasteiger partial charge < -0.3 is 9.53 Å². The summed E-state index contributed by atoms with van der Waals surface area (Å²) in [7, 11) is 0. The Kier molecular flexibility index (Phi) is 2.02. The summed E-state index contributed by atoms with van der Waals surface area (Å²) in [6, 6.07) is 0. The molecule has 2 atom stereocenters. The average molecular weight is 179 g/mol. The van der Waals surface area contributed by atoms with Crippen molar-refractivity contribution in [3.05, 3.63) is 0 Å². The van der Waals surface area contributed by atoms with Crippen molar-refractivity contribution < 1.29 is 9.53 Å². The molecule has 0 aromatic heterocycles. The maximum atomic E-state index is 10.1. The van der Waals surface area contributed by atoms with Crippen LogP contribution in [0.3, 0.4) is 0 Å². The van der Waals surface area contributed by atoms with Gasteiger partial charge in [0.05, 0.1) is 0 Å². The van der Waals surface area contributed by atoms with E-state index in [4.69, 9.17) is 4.74 Å². The van der Waals surface area contributed by atoms with Crippen molar-refractivity contribution in [3.8, 4) is 0 Å². The number of hydrogen-bond acceptors (Lipinski definition) is 2. The molecule has 3 heteroatoms. The van der Waals surface area contributed by atoms with Crippen molar-refractivity contribution >= 4 is 22.2 Å². The van der Waals surface area contributed by atoms with Crippen molar-refractivity contribution in [3.63, 3.8) is 0 Å². The van der Waals surface area contributed by atoms with E-state index in [9.17, 15) is 4.79 Å². The van der Waals surface area contributed by atoms with E-state index in [2.05, 4.69) is 15.9 Å². The van der Waals surface area contributed by atoms with Gasteiger partial charge in [0.25, 0.3) is 0 Å². The highest BCUT2D eigenvalue weighted by Crippen LogP contribution is 2.18. The van der Waals surface area contributed by atoms with Gasteiger partial charge >= 0.3 is 0 Å². The van der Waals surface area contributed by atoms with Crippen LogP contribution in [-0.4, -0.2) is 23.8 Å². The summed E-state index contributed by atoms with van der Waals surface area (Å²) >= 11 is 3.31. The molecule has 1 aliphatic rings. The second-order valence-electron chi connectivity index (χ2n) is 1.78. The van der Waals surface area contributed by atoms with Crippen molar-refractivity contribution in [2.24, 2.45) is 0 Å². The number of halogens is 1. The molecule has 1 rings (SSSR count). The van der Waals surface area contributed by atoms with Gasteiger partial charge in [-0.3, -0.25) is 0 Å². The fourth-order valence-electron chi connectivity index (χ4n) is 0.710. The predicted molar refractivity (Wildman–Crippen MR) is 33.1 cm³/mol. The van der Waals surface area contributed by atoms with Crippen molar-refractivity contribution in [2.45, 2.75) is 17.4 Å². The minimum absolute atomic E-state index is 0.199. The van der Waals surface area contributed by atoms with E-state index in [1.54, 1.807) is 0 Å². The summed E-state index contributed by atoms with van der Waals surface area (Å²) in [6.45, 7) is 0.708. The molecule has 0 aliphatic carbocycles. The first-order chi connectivity index (χ1) is 3.84. The topological polar surface area (TPSA) is 26.3 Å². The molecule has 0 N–H and O–H groups in total. The highest BCUT2D eigenvalue weighted by Gasteiger charge is 2.24. The summed E-state index contributed by atoms with van der Waals surface area (Å²) < 4.78 is 5.00. The van der Waals surface area contributed by atoms with E-state index in [0.717, 1.165) is 12.7 Å². The molecule has 2 nitrogen and oxygen atoms in total. The molecule has 0 bridgehead atoms. The molecule has 1 fully saturated rings. The van der Waals surface area contributed by atoms with Gasteiger partial charge in [0, 0.05) is 11.4 Å². The zero-order valence-electron chi connectivity index (χ0n) is 4.34. The number of alkyl halides is 1. The lowest BCUT2D eigenvalue weighted by Gasteiger charge is -2.01. The molecule has 1 heterocycles. The first kappa shape index (κ1) is 6.23. The summed E-state index contributed by atoms with van der Waals surface area (Å²) in [5.74, 6) is 0. The molecular weight excluding hydrogens is 172 g/mol. The third-order valence-electron chi connectivity index (χ3n) is 1.19.